The summed E-state index contributed by atoms with van der Waals surface area (Å²) in [5.41, 5.74) is -0.309. The van der Waals surface area contributed by atoms with Crippen LogP contribution in [0.25, 0.3) is 4.96 Å². The Kier molecular flexibility index (Phi) is 3.54. The van der Waals surface area contributed by atoms with E-state index >= 15 is 0 Å². The fraction of sp³-hybridized carbons (Fsp3) is 0.462. The quantitative estimate of drug-likeness (QED) is 0.847. The van der Waals surface area contributed by atoms with Gasteiger partial charge in [-0.1, -0.05) is 0 Å². The smallest absolute Gasteiger partial charge is 0.271 e. The van der Waals surface area contributed by atoms with Crippen LogP contribution in [0.5, 0.6) is 0 Å². The molecule has 7 heteroatoms. The number of amides is 1. The molecule has 1 aliphatic rings. The first-order valence-corrected chi connectivity index (χ1v) is 7.45. The molecule has 0 aliphatic heterocycles. The van der Waals surface area contributed by atoms with Gasteiger partial charge in [-0.15, -0.1) is 11.3 Å². The van der Waals surface area contributed by atoms with E-state index in [1.165, 1.54) is 21.9 Å². The minimum atomic E-state index is -0.409. The Hall–Kier alpha value is -1.73. The molecule has 1 aliphatic carbocycles. The highest BCUT2D eigenvalue weighted by Crippen LogP contribution is 2.33. The van der Waals surface area contributed by atoms with Gasteiger partial charge in [0.25, 0.3) is 11.5 Å². The predicted octanol–water partition coefficient (Wildman–Crippen LogP) is 0.647. The van der Waals surface area contributed by atoms with Gasteiger partial charge < -0.3 is 10.4 Å². The predicted molar refractivity (Wildman–Crippen MR) is 75.0 cm³/mol. The topological polar surface area (TPSA) is 83.7 Å². The van der Waals surface area contributed by atoms with Gasteiger partial charge in [-0.05, 0) is 25.2 Å². The van der Waals surface area contributed by atoms with E-state index in [1.54, 1.807) is 11.6 Å². The average Bonchev–Trinajstić information content (AvgIpc) is 3.16. The third kappa shape index (κ3) is 2.46. The summed E-state index contributed by atoms with van der Waals surface area (Å²) in [6, 6.07) is -0.0601. The van der Waals surface area contributed by atoms with Crippen LogP contribution in [0.15, 0.2) is 22.6 Å². The van der Waals surface area contributed by atoms with Gasteiger partial charge in [0.05, 0.1) is 0 Å². The van der Waals surface area contributed by atoms with Crippen LogP contribution in [0.3, 0.4) is 0 Å². The Labute approximate surface area is 119 Å². The van der Waals surface area contributed by atoms with E-state index in [0.717, 1.165) is 12.8 Å². The molecule has 0 aromatic carbocycles. The standard InChI is InChI=1S/C13H15N3O3S/c17-5-3-10(8-1-2-8)15-11(18)9-7-14-13-16(12(9)19)4-6-20-13/h4,6-8,10,17H,1-3,5H2,(H,15,18). The van der Waals surface area contributed by atoms with E-state index in [1.807, 2.05) is 0 Å². The van der Waals surface area contributed by atoms with E-state index in [9.17, 15) is 9.59 Å². The number of hydrogen-bond acceptors (Lipinski definition) is 5. The molecule has 2 N–H and O–H groups in total. The molecule has 1 saturated carbocycles. The van der Waals surface area contributed by atoms with E-state index in [0.29, 0.717) is 17.3 Å². The molecule has 3 rings (SSSR count). The summed E-state index contributed by atoms with van der Waals surface area (Å²) in [6.45, 7) is 0.0300. The molecule has 0 spiro atoms. The van der Waals surface area contributed by atoms with Crippen molar-refractivity contribution in [1.82, 2.24) is 14.7 Å². The highest BCUT2D eigenvalue weighted by atomic mass is 32.1. The van der Waals surface area contributed by atoms with Crippen molar-refractivity contribution in [3.05, 3.63) is 33.7 Å². The number of carbonyl (C=O) groups is 1. The van der Waals surface area contributed by atoms with Crippen molar-refractivity contribution >= 4 is 22.2 Å². The molecule has 0 saturated heterocycles. The van der Waals surface area contributed by atoms with Crippen LogP contribution >= 0.6 is 11.3 Å². The number of fused-ring (bicyclic) bond motifs is 1. The highest BCUT2D eigenvalue weighted by Gasteiger charge is 2.32. The molecule has 0 bridgehead atoms. The molecular weight excluding hydrogens is 278 g/mol. The lowest BCUT2D eigenvalue weighted by molar-refractivity contribution is 0.0922. The normalized spacial score (nSPS) is 16.2. The molecule has 2 aromatic rings. The number of aliphatic hydroxyl groups is 1. The van der Waals surface area contributed by atoms with Crippen molar-refractivity contribution in [3.8, 4) is 0 Å². The van der Waals surface area contributed by atoms with E-state index in [4.69, 9.17) is 5.11 Å². The lowest BCUT2D eigenvalue weighted by Crippen LogP contribution is -2.40. The number of hydrogen-bond donors (Lipinski definition) is 2. The van der Waals surface area contributed by atoms with Crippen LogP contribution < -0.4 is 10.9 Å². The van der Waals surface area contributed by atoms with Gasteiger partial charge in [-0.3, -0.25) is 14.0 Å². The number of rotatable bonds is 5. The van der Waals surface area contributed by atoms with Gasteiger partial charge in [0.2, 0.25) is 0 Å². The molecule has 6 nitrogen and oxygen atoms in total. The Bertz CT molecular complexity index is 689. The van der Waals surface area contributed by atoms with Gasteiger partial charge >= 0.3 is 0 Å². The summed E-state index contributed by atoms with van der Waals surface area (Å²) in [5, 5.41) is 13.6. The highest BCUT2D eigenvalue weighted by molar-refractivity contribution is 7.15. The molecule has 106 valence electrons. The van der Waals surface area contributed by atoms with Crippen molar-refractivity contribution in [2.45, 2.75) is 25.3 Å². The van der Waals surface area contributed by atoms with Crippen molar-refractivity contribution in [2.75, 3.05) is 6.61 Å². The summed E-state index contributed by atoms with van der Waals surface area (Å²) in [4.78, 5) is 29.1. The maximum Gasteiger partial charge on any atom is 0.271 e. The second-order valence-corrected chi connectivity index (χ2v) is 5.84. The zero-order valence-electron chi connectivity index (χ0n) is 10.8. The van der Waals surface area contributed by atoms with Crippen LogP contribution in [-0.2, 0) is 0 Å². The SMILES string of the molecule is O=C(NC(CCO)C1CC1)c1cnc2sccn2c1=O. The summed E-state index contributed by atoms with van der Waals surface area (Å²) in [6.07, 6.45) is 5.58. The Balaban J connectivity index is 1.84. The van der Waals surface area contributed by atoms with Crippen LogP contribution in [0.1, 0.15) is 29.6 Å². The molecule has 2 heterocycles. The summed E-state index contributed by atoms with van der Waals surface area (Å²) < 4.78 is 1.37. The molecule has 20 heavy (non-hydrogen) atoms. The first-order chi connectivity index (χ1) is 9.70. The Morgan fingerprint density at radius 3 is 3.10 bits per heavy atom. The van der Waals surface area contributed by atoms with E-state index in [2.05, 4.69) is 10.3 Å². The van der Waals surface area contributed by atoms with Crippen molar-refractivity contribution in [2.24, 2.45) is 5.92 Å². The van der Waals surface area contributed by atoms with Crippen molar-refractivity contribution in [1.29, 1.82) is 0 Å². The maximum atomic E-state index is 12.2. The molecule has 1 atom stereocenters. The Morgan fingerprint density at radius 2 is 2.40 bits per heavy atom. The van der Waals surface area contributed by atoms with Crippen molar-refractivity contribution in [3.63, 3.8) is 0 Å². The fourth-order valence-electron chi connectivity index (χ4n) is 2.29. The third-order valence-corrected chi connectivity index (χ3v) is 4.31. The van der Waals surface area contributed by atoms with Gasteiger partial charge in [-0.25, -0.2) is 4.98 Å². The van der Waals surface area contributed by atoms with Crippen LogP contribution in [0.2, 0.25) is 0 Å². The number of aromatic nitrogens is 2. The largest absolute Gasteiger partial charge is 0.396 e. The molecule has 2 aromatic heterocycles. The number of aliphatic hydroxyl groups excluding tert-OH is 1. The third-order valence-electron chi connectivity index (χ3n) is 3.54. The van der Waals surface area contributed by atoms with E-state index < -0.39 is 5.91 Å². The second-order valence-electron chi connectivity index (χ2n) is 4.96. The van der Waals surface area contributed by atoms with Gasteiger partial charge in [0.1, 0.15) is 5.56 Å². The lowest BCUT2D eigenvalue weighted by Gasteiger charge is -2.16. The number of thiazole rings is 1. The molecule has 0 radical (unpaired) electrons. The molecule has 1 amide bonds. The van der Waals surface area contributed by atoms with E-state index in [-0.39, 0.29) is 23.8 Å². The second kappa shape index (κ2) is 5.34. The summed E-state index contributed by atoms with van der Waals surface area (Å²) >= 11 is 1.35. The first kappa shape index (κ1) is 13.3. The first-order valence-electron chi connectivity index (χ1n) is 6.57. The number of nitrogens with zero attached hydrogens (tertiary/aromatic N) is 2. The van der Waals surface area contributed by atoms with Gasteiger partial charge in [0.15, 0.2) is 4.96 Å². The molecule has 1 fully saturated rings. The van der Waals surface area contributed by atoms with Crippen LogP contribution in [0.4, 0.5) is 0 Å². The van der Waals surface area contributed by atoms with Crippen LogP contribution in [0, 0.1) is 5.92 Å². The number of carbonyl (C=O) groups excluding carboxylic acids is 1. The maximum absolute atomic E-state index is 12.2. The van der Waals surface area contributed by atoms with Gasteiger partial charge in [0, 0.05) is 30.4 Å². The monoisotopic (exact) mass is 293 g/mol. The minimum Gasteiger partial charge on any atom is -0.396 e. The Morgan fingerprint density at radius 1 is 1.60 bits per heavy atom. The van der Waals surface area contributed by atoms with Crippen molar-refractivity contribution < 1.29 is 9.90 Å². The lowest BCUT2D eigenvalue weighted by atomic mass is 10.1. The minimum absolute atomic E-state index is 0.0300. The average molecular weight is 293 g/mol. The molecular formula is C13H15N3O3S. The van der Waals surface area contributed by atoms with Crippen LogP contribution in [-0.4, -0.2) is 33.0 Å². The zero-order chi connectivity index (χ0) is 14.1. The summed E-state index contributed by atoms with van der Waals surface area (Å²) in [7, 11) is 0. The molecule has 1 unspecified atom stereocenters. The fourth-order valence-corrected chi connectivity index (χ4v) is 2.97. The number of nitrogens with one attached hydrogen (secondary N) is 1. The van der Waals surface area contributed by atoms with Gasteiger partial charge in [-0.2, -0.15) is 0 Å². The summed E-state index contributed by atoms with van der Waals surface area (Å²) in [5.74, 6) is 0.0140. The zero-order valence-corrected chi connectivity index (χ0v) is 11.6.